The molecular weight excluding hydrogens is 270 g/mol. The number of halogens is 2. The maximum atomic E-state index is 12.1. The lowest BCUT2D eigenvalue weighted by Crippen LogP contribution is -2.14. The zero-order chi connectivity index (χ0) is 15.1. The van der Waals surface area contributed by atoms with Crippen molar-refractivity contribution in [2.45, 2.75) is 64.7 Å². The number of aryl methyl sites for hydroxylation is 2. The van der Waals surface area contributed by atoms with Crippen LogP contribution in [-0.4, -0.2) is 18.0 Å². The van der Waals surface area contributed by atoms with Gasteiger partial charge in [-0.2, -0.15) is 0 Å². The number of nitrogens with one attached hydrogen (secondary N) is 1. The minimum Gasteiger partial charge on any atom is -0.370 e. The molecule has 0 aromatic carbocycles. The monoisotopic (exact) mass is 296 g/mol. The molecule has 118 valence electrons. The van der Waals surface area contributed by atoms with Crippen LogP contribution in [0.4, 0.5) is 14.6 Å². The van der Waals surface area contributed by atoms with Crippen molar-refractivity contribution in [3.05, 3.63) is 23.4 Å². The number of alkyl halides is 2. The van der Waals surface area contributed by atoms with Gasteiger partial charge in [0.2, 0.25) is 6.43 Å². The van der Waals surface area contributed by atoms with Crippen LogP contribution in [0.1, 0.15) is 56.7 Å². The molecule has 0 saturated heterocycles. The molecule has 0 saturated carbocycles. The lowest BCUT2D eigenvalue weighted by Gasteiger charge is -2.17. The fourth-order valence-electron chi connectivity index (χ4n) is 2.86. The number of nitrogens with zero attached hydrogens (tertiary/aromatic N) is 1. The van der Waals surface area contributed by atoms with E-state index in [0.29, 0.717) is 12.3 Å². The van der Waals surface area contributed by atoms with Crippen molar-refractivity contribution in [3.8, 4) is 0 Å². The van der Waals surface area contributed by atoms with E-state index in [1.54, 1.807) is 0 Å². The Morgan fingerprint density at radius 2 is 2.05 bits per heavy atom. The predicted molar refractivity (Wildman–Crippen MR) is 83.0 cm³/mol. The minimum atomic E-state index is -2.15. The molecule has 0 amide bonds. The third-order valence-corrected chi connectivity index (χ3v) is 4.21. The Morgan fingerprint density at radius 1 is 1.19 bits per heavy atom. The number of unbranched alkanes of at least 4 members (excludes halogenated alkanes) is 1. The van der Waals surface area contributed by atoms with Gasteiger partial charge in [0.05, 0.1) is 0 Å². The lowest BCUT2D eigenvalue weighted by molar-refractivity contribution is 0.128. The van der Waals surface area contributed by atoms with E-state index in [4.69, 9.17) is 0 Å². The summed E-state index contributed by atoms with van der Waals surface area (Å²) < 4.78 is 24.3. The average molecular weight is 296 g/mol. The molecule has 2 rings (SSSR count). The molecule has 2 nitrogen and oxygen atoms in total. The molecule has 2 heterocycles. The van der Waals surface area contributed by atoms with Gasteiger partial charge in [-0.15, -0.1) is 0 Å². The van der Waals surface area contributed by atoms with Crippen LogP contribution in [-0.2, 0) is 12.8 Å². The van der Waals surface area contributed by atoms with E-state index in [1.165, 1.54) is 12.0 Å². The summed E-state index contributed by atoms with van der Waals surface area (Å²) in [6.45, 7) is 3.09. The quantitative estimate of drug-likeness (QED) is 0.695. The third kappa shape index (κ3) is 5.60. The summed E-state index contributed by atoms with van der Waals surface area (Å²) in [5.41, 5.74) is 2.47. The fourth-order valence-corrected chi connectivity index (χ4v) is 2.86. The number of fused-ring (bicyclic) bond motifs is 1. The number of hydrogen-bond donors (Lipinski definition) is 1. The topological polar surface area (TPSA) is 24.9 Å². The van der Waals surface area contributed by atoms with Crippen LogP contribution in [0.5, 0.6) is 0 Å². The first-order valence-electron chi connectivity index (χ1n) is 8.16. The van der Waals surface area contributed by atoms with Gasteiger partial charge in [0.25, 0.3) is 0 Å². The molecule has 1 N–H and O–H groups in total. The molecule has 1 atom stereocenters. The van der Waals surface area contributed by atoms with Gasteiger partial charge in [-0.05, 0) is 49.7 Å². The van der Waals surface area contributed by atoms with Crippen LogP contribution < -0.4 is 5.32 Å². The molecule has 4 heteroatoms. The van der Waals surface area contributed by atoms with Crippen molar-refractivity contribution in [3.63, 3.8) is 0 Å². The third-order valence-electron chi connectivity index (χ3n) is 4.21. The average Bonchev–Trinajstić information content (AvgIpc) is 2.49. The molecule has 1 aromatic rings. The first-order chi connectivity index (χ1) is 10.1. The van der Waals surface area contributed by atoms with Gasteiger partial charge in [0.15, 0.2) is 0 Å². The van der Waals surface area contributed by atoms with E-state index in [-0.39, 0.29) is 6.42 Å². The van der Waals surface area contributed by atoms with Gasteiger partial charge in [0.1, 0.15) is 5.82 Å². The summed E-state index contributed by atoms with van der Waals surface area (Å²) in [6.07, 6.45) is 5.03. The van der Waals surface area contributed by atoms with Crippen LogP contribution in [0.3, 0.4) is 0 Å². The van der Waals surface area contributed by atoms with Gasteiger partial charge in [0, 0.05) is 18.7 Å². The molecule has 0 aliphatic carbocycles. The number of rotatable bonds is 8. The molecule has 1 aliphatic rings. The molecule has 0 radical (unpaired) electrons. The van der Waals surface area contributed by atoms with Crippen LogP contribution in [0.2, 0.25) is 0 Å². The van der Waals surface area contributed by atoms with Crippen LogP contribution in [0.15, 0.2) is 12.1 Å². The van der Waals surface area contributed by atoms with Gasteiger partial charge in [-0.1, -0.05) is 25.8 Å². The highest BCUT2D eigenvalue weighted by Gasteiger charge is 2.10. The van der Waals surface area contributed by atoms with Crippen LogP contribution >= 0.6 is 0 Å². The number of pyridine rings is 1. The van der Waals surface area contributed by atoms with Gasteiger partial charge in [-0.3, -0.25) is 0 Å². The summed E-state index contributed by atoms with van der Waals surface area (Å²) >= 11 is 0. The van der Waals surface area contributed by atoms with Crippen molar-refractivity contribution in [2.75, 3.05) is 11.9 Å². The predicted octanol–water partition coefficient (Wildman–Crippen LogP) is 4.83. The second-order valence-electron chi connectivity index (χ2n) is 6.16. The molecule has 0 spiro atoms. The Balaban J connectivity index is 1.67. The first kappa shape index (κ1) is 16.2. The van der Waals surface area contributed by atoms with Crippen molar-refractivity contribution < 1.29 is 8.78 Å². The summed E-state index contributed by atoms with van der Waals surface area (Å²) in [5, 5.41) is 3.36. The maximum Gasteiger partial charge on any atom is 0.238 e. The Bertz CT molecular complexity index is 435. The summed E-state index contributed by atoms with van der Waals surface area (Å²) in [6, 6.07) is 4.32. The van der Waals surface area contributed by atoms with Crippen molar-refractivity contribution in [1.29, 1.82) is 0 Å². The van der Waals surface area contributed by atoms with Crippen molar-refractivity contribution in [1.82, 2.24) is 4.98 Å². The summed E-state index contributed by atoms with van der Waals surface area (Å²) in [4.78, 5) is 4.68. The van der Waals surface area contributed by atoms with E-state index in [0.717, 1.165) is 50.2 Å². The van der Waals surface area contributed by atoms with E-state index < -0.39 is 6.43 Å². The summed E-state index contributed by atoms with van der Waals surface area (Å²) in [5.74, 6) is 1.46. The number of hydrogen-bond acceptors (Lipinski definition) is 2. The van der Waals surface area contributed by atoms with E-state index >= 15 is 0 Å². The highest BCUT2D eigenvalue weighted by Crippen LogP contribution is 2.21. The van der Waals surface area contributed by atoms with Gasteiger partial charge < -0.3 is 5.32 Å². The highest BCUT2D eigenvalue weighted by molar-refractivity contribution is 5.46. The van der Waals surface area contributed by atoms with Crippen LogP contribution in [0.25, 0.3) is 0 Å². The van der Waals surface area contributed by atoms with Gasteiger partial charge >= 0.3 is 0 Å². The van der Waals surface area contributed by atoms with Crippen LogP contribution in [0, 0.1) is 5.92 Å². The lowest BCUT2D eigenvalue weighted by atomic mass is 9.98. The second kappa shape index (κ2) is 8.30. The van der Waals surface area contributed by atoms with E-state index in [1.807, 2.05) is 0 Å². The van der Waals surface area contributed by atoms with Gasteiger partial charge in [-0.25, -0.2) is 13.8 Å². The zero-order valence-corrected chi connectivity index (χ0v) is 12.9. The molecule has 1 aliphatic heterocycles. The standard InChI is InChI=1S/C17H26F2N2/c1-13(8-11-16(18)19)5-2-3-7-15-10-9-14-6-4-12-20-17(14)21-15/h9-10,13,16H,2-8,11-12H2,1H3,(H,20,21). The molecular formula is C17H26F2N2. The molecule has 0 fully saturated rings. The summed E-state index contributed by atoms with van der Waals surface area (Å²) in [7, 11) is 0. The maximum absolute atomic E-state index is 12.1. The zero-order valence-electron chi connectivity index (χ0n) is 12.9. The molecule has 21 heavy (non-hydrogen) atoms. The SMILES string of the molecule is CC(CCCCc1ccc2c(n1)NCCC2)CCC(F)F. The van der Waals surface area contributed by atoms with E-state index in [9.17, 15) is 8.78 Å². The second-order valence-corrected chi connectivity index (χ2v) is 6.16. The molecule has 1 aromatic heterocycles. The largest absolute Gasteiger partial charge is 0.370 e. The highest BCUT2D eigenvalue weighted by atomic mass is 19.3. The Hall–Kier alpha value is -1.19. The Kier molecular flexibility index (Phi) is 6.40. The number of aromatic nitrogens is 1. The molecule has 0 bridgehead atoms. The van der Waals surface area contributed by atoms with Crippen molar-refractivity contribution >= 4 is 5.82 Å². The van der Waals surface area contributed by atoms with E-state index in [2.05, 4.69) is 29.4 Å². The number of anilines is 1. The normalized spacial score (nSPS) is 15.6. The first-order valence-corrected chi connectivity index (χ1v) is 8.16. The molecule has 1 unspecified atom stereocenters. The Labute approximate surface area is 126 Å². The Morgan fingerprint density at radius 3 is 2.86 bits per heavy atom. The van der Waals surface area contributed by atoms with Crippen molar-refractivity contribution in [2.24, 2.45) is 5.92 Å². The fraction of sp³-hybridized carbons (Fsp3) is 0.706. The smallest absolute Gasteiger partial charge is 0.238 e. The minimum absolute atomic E-state index is 0.0409.